The number of hydrogen-bond acceptors (Lipinski definition) is 3. The van der Waals surface area contributed by atoms with Crippen molar-refractivity contribution in [3.63, 3.8) is 0 Å². The number of piperidine rings is 1. The van der Waals surface area contributed by atoms with Crippen LogP contribution in [0.5, 0.6) is 0 Å². The molecule has 2 aliphatic rings. The first-order valence-corrected chi connectivity index (χ1v) is 11.5. The lowest BCUT2D eigenvalue weighted by molar-refractivity contribution is -0.143. The van der Waals surface area contributed by atoms with Crippen molar-refractivity contribution in [3.05, 3.63) is 35.4 Å². The van der Waals surface area contributed by atoms with E-state index in [0.717, 1.165) is 25.1 Å². The van der Waals surface area contributed by atoms with Crippen molar-refractivity contribution >= 4 is 29.9 Å². The van der Waals surface area contributed by atoms with E-state index in [2.05, 4.69) is 44.8 Å². The van der Waals surface area contributed by atoms with E-state index in [0.29, 0.717) is 32.1 Å². The van der Waals surface area contributed by atoms with Crippen LogP contribution < -0.4 is 10.6 Å². The molecular weight excluding hydrogens is 530 g/mol. The largest absolute Gasteiger partial charge is 0.401 e. The third-order valence-electron chi connectivity index (χ3n) is 5.97. The second-order valence-electron chi connectivity index (χ2n) is 8.73. The van der Waals surface area contributed by atoms with Crippen molar-refractivity contribution in [2.45, 2.75) is 51.9 Å². The van der Waals surface area contributed by atoms with Crippen molar-refractivity contribution in [2.75, 3.05) is 45.8 Å². The Morgan fingerprint density at radius 2 is 1.69 bits per heavy atom. The summed E-state index contributed by atoms with van der Waals surface area (Å²) in [6, 6.07) is 8.65. The second-order valence-corrected chi connectivity index (χ2v) is 8.73. The molecule has 5 nitrogen and oxygen atoms in total. The summed E-state index contributed by atoms with van der Waals surface area (Å²) in [4.78, 5) is 8.66. The van der Waals surface area contributed by atoms with Gasteiger partial charge in [0.05, 0.1) is 13.1 Å². The SMILES string of the molecule is CCNC(=NCc1ccc(CN2CCCCC2)cc1)NCC1CCN(CC(F)(F)F)C1.I. The number of aliphatic imine (C=N–C) groups is 1. The Kier molecular flexibility index (Phi) is 11.5. The van der Waals surface area contributed by atoms with Gasteiger partial charge in [-0.3, -0.25) is 9.80 Å². The van der Waals surface area contributed by atoms with Gasteiger partial charge in [0.15, 0.2) is 5.96 Å². The summed E-state index contributed by atoms with van der Waals surface area (Å²) in [7, 11) is 0. The number of nitrogens with one attached hydrogen (secondary N) is 2. The minimum atomic E-state index is -4.12. The average Bonchev–Trinajstić information content (AvgIpc) is 3.17. The van der Waals surface area contributed by atoms with E-state index in [1.807, 2.05) is 6.92 Å². The molecule has 0 aromatic heterocycles. The van der Waals surface area contributed by atoms with Gasteiger partial charge in [-0.15, -0.1) is 24.0 Å². The van der Waals surface area contributed by atoms with Gasteiger partial charge >= 0.3 is 6.18 Å². The molecule has 1 atom stereocenters. The van der Waals surface area contributed by atoms with Crippen LogP contribution in [0.3, 0.4) is 0 Å². The summed E-state index contributed by atoms with van der Waals surface area (Å²) >= 11 is 0. The number of nitrogens with zero attached hydrogens (tertiary/aromatic N) is 3. The Balaban J connectivity index is 0.00000363. The molecule has 182 valence electrons. The quantitative estimate of drug-likeness (QED) is 0.281. The van der Waals surface area contributed by atoms with Gasteiger partial charge in [-0.05, 0) is 62.9 Å². The number of hydrogen-bond donors (Lipinski definition) is 2. The van der Waals surface area contributed by atoms with E-state index in [-0.39, 0.29) is 29.9 Å². The zero-order valence-corrected chi connectivity index (χ0v) is 21.3. The summed E-state index contributed by atoms with van der Waals surface area (Å²) in [6.07, 6.45) is 0.605. The van der Waals surface area contributed by atoms with Crippen LogP contribution in [0.1, 0.15) is 43.7 Å². The molecule has 2 heterocycles. The van der Waals surface area contributed by atoms with Gasteiger partial charge in [-0.2, -0.15) is 13.2 Å². The first-order chi connectivity index (χ1) is 14.9. The van der Waals surface area contributed by atoms with Gasteiger partial charge in [0.2, 0.25) is 0 Å². The molecule has 0 bridgehead atoms. The Morgan fingerprint density at radius 3 is 2.34 bits per heavy atom. The second kappa shape index (κ2) is 13.6. The van der Waals surface area contributed by atoms with E-state index < -0.39 is 12.7 Å². The van der Waals surface area contributed by atoms with Crippen LogP contribution in [-0.4, -0.2) is 67.7 Å². The van der Waals surface area contributed by atoms with Gasteiger partial charge in [0.1, 0.15) is 0 Å². The van der Waals surface area contributed by atoms with Gasteiger partial charge in [-0.1, -0.05) is 30.7 Å². The molecule has 1 unspecified atom stereocenters. The number of guanidine groups is 1. The molecule has 2 N–H and O–H groups in total. The smallest absolute Gasteiger partial charge is 0.357 e. The van der Waals surface area contributed by atoms with Crippen LogP contribution >= 0.6 is 24.0 Å². The molecule has 0 spiro atoms. The van der Waals surface area contributed by atoms with Gasteiger partial charge < -0.3 is 10.6 Å². The predicted octanol–water partition coefficient (Wildman–Crippen LogP) is 4.23. The molecule has 2 fully saturated rings. The Hall–Kier alpha value is -1.07. The summed E-state index contributed by atoms with van der Waals surface area (Å²) in [5, 5.41) is 6.54. The summed E-state index contributed by atoms with van der Waals surface area (Å²) in [5.74, 6) is 0.925. The molecule has 0 radical (unpaired) electrons. The minimum absolute atomic E-state index is 0. The van der Waals surface area contributed by atoms with Crippen molar-refractivity contribution in [1.29, 1.82) is 0 Å². The maximum absolute atomic E-state index is 12.6. The van der Waals surface area contributed by atoms with Gasteiger partial charge in [0.25, 0.3) is 0 Å². The highest BCUT2D eigenvalue weighted by Crippen LogP contribution is 2.22. The van der Waals surface area contributed by atoms with Gasteiger partial charge in [-0.25, -0.2) is 4.99 Å². The van der Waals surface area contributed by atoms with E-state index >= 15 is 0 Å². The number of benzene rings is 1. The normalized spacial score (nSPS) is 20.8. The molecule has 0 amide bonds. The molecule has 0 aliphatic carbocycles. The van der Waals surface area contributed by atoms with Crippen molar-refractivity contribution < 1.29 is 13.2 Å². The standard InChI is InChI=1S/C23H36F3N5.HI/c1-2-27-22(29-15-21-10-13-31(17-21)18-23(24,25)26)28-14-19-6-8-20(9-7-19)16-30-11-4-3-5-12-30;/h6-9,21H,2-5,10-18H2,1H3,(H2,27,28,29);1H. The van der Waals surface area contributed by atoms with Crippen LogP contribution in [0.25, 0.3) is 0 Å². The third kappa shape index (κ3) is 9.82. The van der Waals surface area contributed by atoms with Crippen LogP contribution in [0.2, 0.25) is 0 Å². The number of alkyl halides is 3. The summed E-state index contributed by atoms with van der Waals surface area (Å²) in [6.45, 7) is 7.52. The molecule has 9 heteroatoms. The van der Waals surface area contributed by atoms with Crippen molar-refractivity contribution in [2.24, 2.45) is 10.9 Å². The fourth-order valence-corrected chi connectivity index (χ4v) is 4.36. The topological polar surface area (TPSA) is 42.9 Å². The zero-order chi connectivity index (χ0) is 22.1. The van der Waals surface area contributed by atoms with E-state index in [4.69, 9.17) is 0 Å². The van der Waals surface area contributed by atoms with Gasteiger partial charge in [0, 0.05) is 26.2 Å². The van der Waals surface area contributed by atoms with Crippen LogP contribution in [0.15, 0.2) is 29.3 Å². The lowest BCUT2D eigenvalue weighted by Crippen LogP contribution is -2.40. The first-order valence-electron chi connectivity index (χ1n) is 11.5. The number of likely N-dealkylation sites (tertiary alicyclic amines) is 2. The fourth-order valence-electron chi connectivity index (χ4n) is 4.36. The molecule has 32 heavy (non-hydrogen) atoms. The molecule has 0 saturated carbocycles. The maximum Gasteiger partial charge on any atom is 0.401 e. The molecular formula is C23H37F3IN5. The van der Waals surface area contributed by atoms with E-state index in [9.17, 15) is 13.2 Å². The Morgan fingerprint density at radius 1 is 1.00 bits per heavy atom. The summed E-state index contributed by atoms with van der Waals surface area (Å²) < 4.78 is 37.7. The Bertz CT molecular complexity index is 690. The molecule has 2 aliphatic heterocycles. The summed E-state index contributed by atoms with van der Waals surface area (Å²) in [5.41, 5.74) is 2.49. The number of halogens is 4. The highest BCUT2D eigenvalue weighted by atomic mass is 127. The van der Waals surface area contributed by atoms with Crippen molar-refractivity contribution in [3.8, 4) is 0 Å². The molecule has 1 aromatic carbocycles. The number of rotatable bonds is 8. The van der Waals surface area contributed by atoms with E-state index in [1.54, 1.807) is 0 Å². The van der Waals surface area contributed by atoms with Crippen LogP contribution in [0.4, 0.5) is 13.2 Å². The minimum Gasteiger partial charge on any atom is -0.357 e. The lowest BCUT2D eigenvalue weighted by atomic mass is 10.1. The third-order valence-corrected chi connectivity index (χ3v) is 5.97. The monoisotopic (exact) mass is 567 g/mol. The highest BCUT2D eigenvalue weighted by Gasteiger charge is 2.34. The Labute approximate surface area is 207 Å². The van der Waals surface area contributed by atoms with Crippen LogP contribution in [-0.2, 0) is 13.1 Å². The molecule has 1 aromatic rings. The zero-order valence-electron chi connectivity index (χ0n) is 19.0. The maximum atomic E-state index is 12.6. The van der Waals surface area contributed by atoms with Crippen molar-refractivity contribution in [1.82, 2.24) is 20.4 Å². The van der Waals surface area contributed by atoms with Crippen LogP contribution in [0, 0.1) is 5.92 Å². The predicted molar refractivity (Wildman–Crippen MR) is 134 cm³/mol. The average molecular weight is 567 g/mol. The molecule has 3 rings (SSSR count). The fraction of sp³-hybridized carbons (Fsp3) is 0.696. The molecule has 2 saturated heterocycles. The first kappa shape index (κ1) is 27.2. The highest BCUT2D eigenvalue weighted by molar-refractivity contribution is 14.0. The van der Waals surface area contributed by atoms with E-state index in [1.165, 1.54) is 42.8 Å². The lowest BCUT2D eigenvalue weighted by Gasteiger charge is -2.26.